The number of aliphatic hydroxyl groups is 1. The van der Waals surface area contributed by atoms with Crippen LogP contribution in [-0.2, 0) is 11.2 Å². The Kier molecular flexibility index (Phi) is 5.33. The van der Waals surface area contributed by atoms with E-state index in [1.807, 2.05) is 13.0 Å². The van der Waals surface area contributed by atoms with Crippen molar-refractivity contribution in [1.82, 2.24) is 0 Å². The number of hydrogen-bond donors (Lipinski definition) is 1. The normalized spacial score (nSPS) is 22.6. The number of hydrogen-bond acceptors (Lipinski definition) is 3. The minimum atomic E-state index is -0.413. The zero-order valence-corrected chi connectivity index (χ0v) is 15.0. The van der Waals surface area contributed by atoms with Crippen molar-refractivity contribution in [3.05, 3.63) is 20.8 Å². The fraction of sp³-hybridized carbons (Fsp3) is 0.750. The third kappa shape index (κ3) is 3.85. The van der Waals surface area contributed by atoms with Crippen LogP contribution in [0.15, 0.2) is 15.9 Å². The molecule has 0 radical (unpaired) electrons. The Morgan fingerprint density at radius 1 is 1.30 bits per heavy atom. The van der Waals surface area contributed by atoms with Gasteiger partial charge in [0.05, 0.1) is 15.5 Å². The SMILES string of the molecule is CCOC1(C(O)Cc2ccc(Br)s2)CCC(C)(C)CC1. The molecule has 1 unspecified atom stereocenters. The molecule has 0 aromatic carbocycles. The van der Waals surface area contributed by atoms with Gasteiger partial charge in [-0.3, -0.25) is 0 Å². The summed E-state index contributed by atoms with van der Waals surface area (Å²) in [5, 5.41) is 10.8. The fourth-order valence-corrected chi connectivity index (χ4v) is 4.57. The van der Waals surface area contributed by atoms with Gasteiger partial charge in [-0.2, -0.15) is 0 Å². The van der Waals surface area contributed by atoms with Gasteiger partial charge in [-0.15, -0.1) is 11.3 Å². The highest BCUT2D eigenvalue weighted by atomic mass is 79.9. The lowest BCUT2D eigenvalue weighted by Crippen LogP contribution is -2.49. The molecule has 1 aromatic heterocycles. The second-order valence-corrected chi connectivity index (χ2v) is 9.14. The summed E-state index contributed by atoms with van der Waals surface area (Å²) in [5.41, 5.74) is 0.0347. The van der Waals surface area contributed by atoms with Crippen LogP contribution in [0.5, 0.6) is 0 Å². The predicted octanol–water partition coefficient (Wildman–Crippen LogP) is 4.79. The first-order valence-electron chi connectivity index (χ1n) is 7.43. The summed E-state index contributed by atoms with van der Waals surface area (Å²) in [6.45, 7) is 7.32. The smallest absolute Gasteiger partial charge is 0.0943 e. The van der Waals surface area contributed by atoms with Crippen LogP contribution < -0.4 is 0 Å². The van der Waals surface area contributed by atoms with Gasteiger partial charge in [-0.05, 0) is 66.1 Å². The van der Waals surface area contributed by atoms with E-state index in [0.29, 0.717) is 18.4 Å². The third-order valence-corrected chi connectivity index (χ3v) is 6.16. The van der Waals surface area contributed by atoms with Crippen LogP contribution in [0.2, 0.25) is 0 Å². The van der Waals surface area contributed by atoms with Crippen LogP contribution >= 0.6 is 27.3 Å². The van der Waals surface area contributed by atoms with E-state index in [-0.39, 0.29) is 5.60 Å². The Morgan fingerprint density at radius 2 is 1.95 bits per heavy atom. The first kappa shape index (κ1) is 16.5. The van der Waals surface area contributed by atoms with Crippen molar-refractivity contribution in [2.75, 3.05) is 6.61 Å². The molecular formula is C16H25BrO2S. The van der Waals surface area contributed by atoms with Crippen molar-refractivity contribution in [3.8, 4) is 0 Å². The van der Waals surface area contributed by atoms with Gasteiger partial charge in [0.2, 0.25) is 0 Å². The lowest BCUT2D eigenvalue weighted by atomic mass is 9.68. The average molecular weight is 361 g/mol. The van der Waals surface area contributed by atoms with E-state index < -0.39 is 6.10 Å². The summed E-state index contributed by atoms with van der Waals surface area (Å²) in [6, 6.07) is 4.13. The Balaban J connectivity index is 2.07. The van der Waals surface area contributed by atoms with Crippen LogP contribution in [0, 0.1) is 5.41 Å². The topological polar surface area (TPSA) is 29.5 Å². The van der Waals surface area contributed by atoms with Crippen LogP contribution in [0.4, 0.5) is 0 Å². The van der Waals surface area contributed by atoms with Gasteiger partial charge < -0.3 is 9.84 Å². The second kappa shape index (κ2) is 6.47. The largest absolute Gasteiger partial charge is 0.390 e. The molecule has 0 spiro atoms. The molecular weight excluding hydrogens is 336 g/mol. The van der Waals surface area contributed by atoms with Crippen molar-refractivity contribution in [2.45, 2.75) is 64.6 Å². The Hall–Kier alpha value is 0.1000. The number of thiophene rings is 1. The maximum atomic E-state index is 10.8. The molecule has 2 nitrogen and oxygen atoms in total. The lowest BCUT2D eigenvalue weighted by molar-refractivity contribution is -0.150. The molecule has 1 aliphatic carbocycles. The Bertz CT molecular complexity index is 431. The van der Waals surface area contributed by atoms with E-state index in [2.05, 4.69) is 35.8 Å². The van der Waals surface area contributed by atoms with E-state index >= 15 is 0 Å². The molecule has 1 atom stereocenters. The Morgan fingerprint density at radius 3 is 2.45 bits per heavy atom. The molecule has 20 heavy (non-hydrogen) atoms. The molecule has 0 aliphatic heterocycles. The van der Waals surface area contributed by atoms with E-state index in [1.165, 1.54) is 4.88 Å². The molecule has 1 aromatic rings. The molecule has 2 rings (SSSR count). The summed E-state index contributed by atoms with van der Waals surface area (Å²) in [4.78, 5) is 1.22. The first-order chi connectivity index (χ1) is 9.37. The van der Waals surface area contributed by atoms with Gasteiger partial charge >= 0.3 is 0 Å². The van der Waals surface area contributed by atoms with Gasteiger partial charge in [0.1, 0.15) is 0 Å². The van der Waals surface area contributed by atoms with Crippen LogP contribution in [0.25, 0.3) is 0 Å². The quantitative estimate of drug-likeness (QED) is 0.817. The van der Waals surface area contributed by atoms with Crippen molar-refractivity contribution in [3.63, 3.8) is 0 Å². The van der Waals surface area contributed by atoms with Gasteiger partial charge in [0.25, 0.3) is 0 Å². The monoisotopic (exact) mass is 360 g/mol. The molecule has 1 saturated carbocycles. The molecule has 114 valence electrons. The Labute approximate surface area is 134 Å². The number of aliphatic hydroxyl groups excluding tert-OH is 1. The van der Waals surface area contributed by atoms with Crippen LogP contribution in [0.3, 0.4) is 0 Å². The zero-order valence-electron chi connectivity index (χ0n) is 12.6. The standard InChI is InChI=1S/C16H25BrO2S/c1-4-19-16(9-7-15(2,3)8-10-16)13(18)11-12-5-6-14(17)20-12/h5-6,13,18H,4,7-11H2,1-3H3. The fourth-order valence-electron chi connectivity index (χ4n) is 3.05. The molecule has 1 N–H and O–H groups in total. The second-order valence-electron chi connectivity index (χ2n) is 6.59. The molecule has 4 heteroatoms. The molecule has 1 aliphatic rings. The summed E-state index contributed by atoms with van der Waals surface area (Å²) >= 11 is 5.18. The summed E-state index contributed by atoms with van der Waals surface area (Å²) in [6.07, 6.45) is 4.44. The first-order valence-corrected chi connectivity index (χ1v) is 9.04. The number of ether oxygens (including phenoxy) is 1. The minimum Gasteiger partial charge on any atom is -0.390 e. The van der Waals surface area contributed by atoms with Crippen molar-refractivity contribution in [2.24, 2.45) is 5.41 Å². The van der Waals surface area contributed by atoms with E-state index in [4.69, 9.17) is 4.74 Å². The van der Waals surface area contributed by atoms with Crippen LogP contribution in [0.1, 0.15) is 51.3 Å². The van der Waals surface area contributed by atoms with Crippen molar-refractivity contribution in [1.29, 1.82) is 0 Å². The van der Waals surface area contributed by atoms with Gasteiger partial charge in [0.15, 0.2) is 0 Å². The summed E-state index contributed by atoms with van der Waals surface area (Å²) in [7, 11) is 0. The van der Waals surface area contributed by atoms with Gasteiger partial charge in [-0.25, -0.2) is 0 Å². The molecule has 0 amide bonds. The highest BCUT2D eigenvalue weighted by Crippen LogP contribution is 2.44. The highest BCUT2D eigenvalue weighted by Gasteiger charge is 2.44. The van der Waals surface area contributed by atoms with E-state index in [9.17, 15) is 5.11 Å². The predicted molar refractivity (Wildman–Crippen MR) is 88.3 cm³/mol. The van der Waals surface area contributed by atoms with Gasteiger partial charge in [0, 0.05) is 17.9 Å². The van der Waals surface area contributed by atoms with E-state index in [0.717, 1.165) is 29.5 Å². The summed E-state index contributed by atoms with van der Waals surface area (Å²) in [5.74, 6) is 0. The maximum absolute atomic E-state index is 10.8. The zero-order chi connectivity index (χ0) is 14.8. The molecule has 0 saturated heterocycles. The maximum Gasteiger partial charge on any atom is 0.0943 e. The van der Waals surface area contributed by atoms with Crippen LogP contribution in [-0.4, -0.2) is 23.4 Å². The summed E-state index contributed by atoms with van der Waals surface area (Å²) < 4.78 is 7.17. The molecule has 0 bridgehead atoms. The average Bonchev–Trinajstić information content (AvgIpc) is 2.78. The highest BCUT2D eigenvalue weighted by molar-refractivity contribution is 9.11. The molecule has 1 heterocycles. The van der Waals surface area contributed by atoms with Crippen molar-refractivity contribution >= 4 is 27.3 Å². The number of halogens is 1. The molecule has 1 fully saturated rings. The van der Waals surface area contributed by atoms with Crippen molar-refractivity contribution < 1.29 is 9.84 Å². The van der Waals surface area contributed by atoms with E-state index in [1.54, 1.807) is 11.3 Å². The lowest BCUT2D eigenvalue weighted by Gasteiger charge is -2.45. The minimum absolute atomic E-state index is 0.346. The van der Waals surface area contributed by atoms with Gasteiger partial charge in [-0.1, -0.05) is 13.8 Å². The number of rotatable bonds is 5. The third-order valence-electron chi connectivity index (χ3n) is 4.51.